The molecule has 1 amide bonds. The molecular weight excluding hydrogens is 250 g/mol. The average molecular weight is 265 g/mol. The fraction of sp³-hybridized carbons (Fsp3) is 0.118. The molecule has 3 heteroatoms. The lowest BCUT2D eigenvalue weighted by Gasteiger charge is -2.04. The summed E-state index contributed by atoms with van der Waals surface area (Å²) in [7, 11) is 0. The van der Waals surface area contributed by atoms with Crippen LogP contribution in [0.5, 0.6) is 5.75 Å². The van der Waals surface area contributed by atoms with E-state index in [9.17, 15) is 4.79 Å². The number of rotatable bonds is 2. The minimum Gasteiger partial charge on any atom is -0.491 e. The lowest BCUT2D eigenvalue weighted by atomic mass is 10.1. The molecule has 1 aromatic carbocycles. The van der Waals surface area contributed by atoms with Crippen LogP contribution in [0.25, 0.3) is 0 Å². The summed E-state index contributed by atoms with van der Waals surface area (Å²) in [5.74, 6) is 6.43. The third-order valence-electron chi connectivity index (χ3n) is 2.74. The van der Waals surface area contributed by atoms with E-state index >= 15 is 0 Å². The summed E-state index contributed by atoms with van der Waals surface area (Å²) in [6, 6.07) is 5.34. The summed E-state index contributed by atoms with van der Waals surface area (Å²) in [4.78, 5) is 11.9. The number of fused-ring (bicyclic) bond motifs is 1. The van der Waals surface area contributed by atoms with Crippen LogP contribution in [0, 0.1) is 11.8 Å². The molecule has 1 aliphatic rings. The Kier molecular flexibility index (Phi) is 4.41. The Balaban J connectivity index is 2.34. The van der Waals surface area contributed by atoms with Gasteiger partial charge in [0.05, 0.1) is 12.1 Å². The highest BCUT2D eigenvalue weighted by Crippen LogP contribution is 2.21. The van der Waals surface area contributed by atoms with Gasteiger partial charge in [0, 0.05) is 11.1 Å². The fourth-order valence-electron chi connectivity index (χ4n) is 1.76. The van der Waals surface area contributed by atoms with Gasteiger partial charge in [-0.2, -0.15) is 0 Å². The standard InChI is InChI=1S/C17H15NO2/c1-3-5-13(4-2)6-7-14-8-9-16-15(12-14)17(19)18-10-11-20-16/h3-5,8-9,12H,1-2,10-11H2,(H,18,19)/b13-5+. The van der Waals surface area contributed by atoms with Gasteiger partial charge in [0.2, 0.25) is 0 Å². The Labute approximate surface area is 118 Å². The van der Waals surface area contributed by atoms with Crippen molar-refractivity contribution in [2.75, 3.05) is 13.2 Å². The normalized spacial score (nSPS) is 13.8. The Hall–Kier alpha value is -2.73. The molecule has 1 aliphatic heterocycles. The van der Waals surface area contributed by atoms with Crippen molar-refractivity contribution < 1.29 is 9.53 Å². The molecule has 1 N–H and O–H groups in total. The van der Waals surface area contributed by atoms with Gasteiger partial charge in [0.1, 0.15) is 12.4 Å². The van der Waals surface area contributed by atoms with Crippen LogP contribution in [0.4, 0.5) is 0 Å². The number of hydrogen-bond acceptors (Lipinski definition) is 2. The summed E-state index contributed by atoms with van der Waals surface area (Å²) in [6.45, 7) is 8.29. The van der Waals surface area contributed by atoms with Crippen molar-refractivity contribution in [3.8, 4) is 17.6 Å². The van der Waals surface area contributed by atoms with Crippen molar-refractivity contribution in [1.29, 1.82) is 0 Å². The lowest BCUT2D eigenvalue weighted by Crippen LogP contribution is -2.24. The van der Waals surface area contributed by atoms with Gasteiger partial charge in [0.25, 0.3) is 5.91 Å². The van der Waals surface area contributed by atoms with Gasteiger partial charge in [0.15, 0.2) is 0 Å². The van der Waals surface area contributed by atoms with Crippen molar-refractivity contribution in [3.05, 3.63) is 66.3 Å². The van der Waals surface area contributed by atoms with Crippen LogP contribution in [-0.2, 0) is 0 Å². The minimum absolute atomic E-state index is 0.133. The predicted octanol–water partition coefficient (Wildman–Crippen LogP) is 2.46. The highest BCUT2D eigenvalue weighted by atomic mass is 16.5. The van der Waals surface area contributed by atoms with Crippen LogP contribution in [0.1, 0.15) is 15.9 Å². The first-order valence-electron chi connectivity index (χ1n) is 6.27. The molecule has 3 nitrogen and oxygen atoms in total. The van der Waals surface area contributed by atoms with Gasteiger partial charge >= 0.3 is 0 Å². The summed E-state index contributed by atoms with van der Waals surface area (Å²) in [5.41, 5.74) is 2.04. The zero-order valence-corrected chi connectivity index (χ0v) is 11.1. The molecule has 1 aromatic rings. The lowest BCUT2D eigenvalue weighted by molar-refractivity contribution is 0.0957. The molecule has 0 saturated carbocycles. The second-order valence-corrected chi connectivity index (χ2v) is 4.13. The van der Waals surface area contributed by atoms with E-state index in [4.69, 9.17) is 4.74 Å². The number of nitrogens with one attached hydrogen (secondary N) is 1. The third kappa shape index (κ3) is 3.18. The molecule has 1 heterocycles. The Bertz CT molecular complexity index is 645. The van der Waals surface area contributed by atoms with Crippen molar-refractivity contribution in [2.45, 2.75) is 0 Å². The Morgan fingerprint density at radius 2 is 2.25 bits per heavy atom. The van der Waals surface area contributed by atoms with E-state index in [2.05, 4.69) is 30.3 Å². The predicted molar refractivity (Wildman–Crippen MR) is 79.6 cm³/mol. The molecule has 20 heavy (non-hydrogen) atoms. The number of carbonyl (C=O) groups is 1. The van der Waals surface area contributed by atoms with E-state index in [0.717, 1.165) is 11.1 Å². The third-order valence-corrected chi connectivity index (χ3v) is 2.74. The number of benzene rings is 1. The first kappa shape index (κ1) is 13.7. The number of carbonyl (C=O) groups excluding carboxylic acids is 1. The van der Waals surface area contributed by atoms with Gasteiger partial charge in [-0.05, 0) is 24.3 Å². The van der Waals surface area contributed by atoms with E-state index in [1.165, 1.54) is 0 Å². The van der Waals surface area contributed by atoms with Gasteiger partial charge in [-0.25, -0.2) is 0 Å². The van der Waals surface area contributed by atoms with Crippen LogP contribution in [0.2, 0.25) is 0 Å². The maximum Gasteiger partial charge on any atom is 0.255 e. The second kappa shape index (κ2) is 6.44. The zero-order chi connectivity index (χ0) is 14.4. The summed E-state index contributed by atoms with van der Waals surface area (Å²) in [5, 5.41) is 2.77. The largest absolute Gasteiger partial charge is 0.491 e. The number of ether oxygens (including phenoxy) is 1. The Morgan fingerprint density at radius 1 is 1.40 bits per heavy atom. The molecule has 0 spiro atoms. The summed E-state index contributed by atoms with van der Waals surface area (Å²) >= 11 is 0. The van der Waals surface area contributed by atoms with Gasteiger partial charge in [-0.15, -0.1) is 0 Å². The molecule has 2 rings (SSSR count). The molecule has 0 fully saturated rings. The molecular formula is C17H15NO2. The molecule has 0 aliphatic carbocycles. The number of allylic oxidation sites excluding steroid dienone is 4. The average Bonchev–Trinajstić information content (AvgIpc) is 2.65. The molecule has 0 aromatic heterocycles. The van der Waals surface area contributed by atoms with E-state index < -0.39 is 0 Å². The van der Waals surface area contributed by atoms with Crippen LogP contribution in [0.15, 0.2) is 55.2 Å². The van der Waals surface area contributed by atoms with Gasteiger partial charge in [-0.3, -0.25) is 4.79 Å². The smallest absolute Gasteiger partial charge is 0.255 e. The molecule has 100 valence electrons. The van der Waals surface area contributed by atoms with Crippen LogP contribution in [-0.4, -0.2) is 19.1 Å². The highest BCUT2D eigenvalue weighted by Gasteiger charge is 2.15. The van der Waals surface area contributed by atoms with E-state index in [0.29, 0.717) is 24.5 Å². The fourth-order valence-corrected chi connectivity index (χ4v) is 1.76. The van der Waals surface area contributed by atoms with E-state index in [1.54, 1.807) is 30.4 Å². The summed E-state index contributed by atoms with van der Waals surface area (Å²) in [6.07, 6.45) is 5.09. The van der Waals surface area contributed by atoms with Crippen molar-refractivity contribution in [3.63, 3.8) is 0 Å². The SMILES string of the molecule is C=C/C=C(/C#Cc1ccc2c(c1)C(=O)NCCO2)C=C. The van der Waals surface area contributed by atoms with Crippen molar-refractivity contribution in [1.82, 2.24) is 5.32 Å². The molecule has 0 saturated heterocycles. The Morgan fingerprint density at radius 3 is 3.00 bits per heavy atom. The van der Waals surface area contributed by atoms with Gasteiger partial charge in [-0.1, -0.05) is 37.2 Å². The quantitative estimate of drug-likeness (QED) is 0.659. The zero-order valence-electron chi connectivity index (χ0n) is 11.1. The molecule has 0 atom stereocenters. The number of hydrogen-bond donors (Lipinski definition) is 1. The maximum atomic E-state index is 11.9. The first-order valence-corrected chi connectivity index (χ1v) is 6.27. The second-order valence-electron chi connectivity index (χ2n) is 4.13. The van der Waals surface area contributed by atoms with Crippen molar-refractivity contribution in [2.24, 2.45) is 0 Å². The minimum atomic E-state index is -0.133. The maximum absolute atomic E-state index is 11.9. The monoisotopic (exact) mass is 265 g/mol. The molecule has 0 radical (unpaired) electrons. The van der Waals surface area contributed by atoms with E-state index in [1.807, 2.05) is 6.07 Å². The van der Waals surface area contributed by atoms with Crippen LogP contribution in [0.3, 0.4) is 0 Å². The highest BCUT2D eigenvalue weighted by molar-refractivity contribution is 5.97. The van der Waals surface area contributed by atoms with E-state index in [-0.39, 0.29) is 5.91 Å². The van der Waals surface area contributed by atoms with Crippen molar-refractivity contribution >= 4 is 5.91 Å². The molecule has 0 unspecified atom stereocenters. The van der Waals surface area contributed by atoms with Gasteiger partial charge < -0.3 is 10.1 Å². The topological polar surface area (TPSA) is 38.3 Å². The summed E-state index contributed by atoms with van der Waals surface area (Å²) < 4.78 is 5.49. The van der Waals surface area contributed by atoms with Crippen LogP contribution >= 0.6 is 0 Å². The van der Waals surface area contributed by atoms with Crippen LogP contribution < -0.4 is 10.1 Å². The first-order chi connectivity index (χ1) is 9.74. The molecule has 0 bridgehead atoms. The number of amides is 1.